The average molecular weight is 512 g/mol. The van der Waals surface area contributed by atoms with Crippen molar-refractivity contribution < 1.29 is 0 Å². The Morgan fingerprint density at radius 1 is 1.15 bits per heavy atom. The van der Waals surface area contributed by atoms with Crippen molar-refractivity contribution in [2.45, 2.75) is 59.7 Å². The summed E-state index contributed by atoms with van der Waals surface area (Å²) in [5.41, 5.74) is 0. The van der Waals surface area contributed by atoms with Crippen LogP contribution in [0.5, 0.6) is 0 Å². The highest BCUT2D eigenvalue weighted by Crippen LogP contribution is 2.03. The van der Waals surface area contributed by atoms with Crippen LogP contribution in [0.15, 0.2) is 4.99 Å². The minimum atomic E-state index is 0. The summed E-state index contributed by atoms with van der Waals surface area (Å²) in [7, 11) is 1.97. The molecule has 0 bridgehead atoms. The number of thioether (sulfide) groups is 1. The first-order chi connectivity index (χ1) is 12.4. The Hall–Kier alpha value is -0.550. The molecule has 1 rings (SSSR count). The zero-order chi connectivity index (χ0) is 19.5. The van der Waals surface area contributed by atoms with Crippen LogP contribution in [0.3, 0.4) is 0 Å². The highest BCUT2D eigenvalue weighted by Gasteiger charge is 2.13. The van der Waals surface area contributed by atoms with Gasteiger partial charge in [0.15, 0.2) is 11.8 Å². The Labute approximate surface area is 186 Å². The fourth-order valence-corrected chi connectivity index (χ4v) is 3.19. The lowest BCUT2D eigenvalue weighted by Crippen LogP contribution is -2.45. The van der Waals surface area contributed by atoms with E-state index in [-0.39, 0.29) is 24.0 Å². The van der Waals surface area contributed by atoms with Crippen molar-refractivity contribution in [1.82, 2.24) is 30.3 Å². The summed E-state index contributed by atoms with van der Waals surface area (Å²) < 4.78 is 1.98. The van der Waals surface area contributed by atoms with Gasteiger partial charge in [-0.15, -0.1) is 34.2 Å². The fourth-order valence-electron chi connectivity index (χ4n) is 2.75. The Bertz CT molecular complexity index is 538. The maximum absolute atomic E-state index is 4.70. The molecule has 0 saturated heterocycles. The van der Waals surface area contributed by atoms with E-state index >= 15 is 0 Å². The third-order valence-corrected chi connectivity index (χ3v) is 5.06. The Balaban J connectivity index is 0.00000676. The molecule has 0 aliphatic carbocycles. The second-order valence-electron chi connectivity index (χ2n) is 7.01. The molecule has 9 heteroatoms. The largest absolute Gasteiger partial charge is 0.356 e. The average Bonchev–Trinajstić information content (AvgIpc) is 2.90. The second-order valence-corrected chi connectivity index (χ2v) is 8.00. The Morgan fingerprint density at radius 3 is 2.30 bits per heavy atom. The maximum Gasteiger partial charge on any atom is 0.191 e. The van der Waals surface area contributed by atoms with E-state index in [2.05, 4.69) is 59.7 Å². The molecule has 0 unspecified atom stereocenters. The Kier molecular flexibility index (Phi) is 14.2. The molecule has 0 radical (unpaired) electrons. The molecule has 1 aromatic heterocycles. The molecule has 0 saturated carbocycles. The number of rotatable bonds is 11. The van der Waals surface area contributed by atoms with Crippen LogP contribution < -0.4 is 10.6 Å². The molecule has 0 aromatic carbocycles. The van der Waals surface area contributed by atoms with Crippen molar-refractivity contribution >= 4 is 41.7 Å². The SMILES string of the molecule is CSCCCNC(=NCc1nnc(C)n1C)NCCN(C(C)C)C(C)C.I. The maximum atomic E-state index is 4.70. The minimum Gasteiger partial charge on any atom is -0.356 e. The quantitative estimate of drug-likeness (QED) is 0.206. The highest BCUT2D eigenvalue weighted by molar-refractivity contribution is 14.0. The molecule has 27 heavy (non-hydrogen) atoms. The van der Waals surface area contributed by atoms with Gasteiger partial charge in [0.2, 0.25) is 0 Å². The van der Waals surface area contributed by atoms with Crippen molar-refractivity contribution in [3.63, 3.8) is 0 Å². The van der Waals surface area contributed by atoms with Crippen molar-refractivity contribution in [3.05, 3.63) is 11.6 Å². The monoisotopic (exact) mass is 511 g/mol. The standard InChI is InChI=1S/C18H37N7S.HI/c1-14(2)25(15(3)4)11-10-20-18(19-9-8-12-26-7)21-13-17-23-22-16(5)24(17)6;/h14-15H,8-13H2,1-7H3,(H2,19,20,21);1H. The number of aryl methyl sites for hydroxylation is 1. The zero-order valence-corrected chi connectivity index (χ0v) is 21.1. The molecule has 7 nitrogen and oxygen atoms in total. The number of hydrogen-bond donors (Lipinski definition) is 2. The summed E-state index contributed by atoms with van der Waals surface area (Å²) >= 11 is 1.87. The van der Waals surface area contributed by atoms with E-state index in [0.29, 0.717) is 18.6 Å². The first-order valence-electron chi connectivity index (χ1n) is 9.48. The molecule has 0 fully saturated rings. The van der Waals surface area contributed by atoms with E-state index in [9.17, 15) is 0 Å². The lowest BCUT2D eigenvalue weighted by Gasteiger charge is -2.30. The number of guanidine groups is 1. The van der Waals surface area contributed by atoms with Crippen molar-refractivity contribution in [1.29, 1.82) is 0 Å². The summed E-state index contributed by atoms with van der Waals surface area (Å²) in [6.45, 7) is 14.2. The number of nitrogens with zero attached hydrogens (tertiary/aromatic N) is 5. The fraction of sp³-hybridized carbons (Fsp3) is 0.833. The van der Waals surface area contributed by atoms with Gasteiger partial charge < -0.3 is 15.2 Å². The van der Waals surface area contributed by atoms with Crippen LogP contribution in [0.25, 0.3) is 0 Å². The molecule has 2 N–H and O–H groups in total. The van der Waals surface area contributed by atoms with Crippen LogP contribution in [-0.2, 0) is 13.6 Å². The van der Waals surface area contributed by atoms with E-state index in [1.54, 1.807) is 0 Å². The van der Waals surface area contributed by atoms with Gasteiger partial charge in [0, 0.05) is 38.8 Å². The van der Waals surface area contributed by atoms with Crippen LogP contribution in [0, 0.1) is 6.92 Å². The van der Waals surface area contributed by atoms with Gasteiger partial charge in [-0.05, 0) is 53.0 Å². The molecule has 0 amide bonds. The highest BCUT2D eigenvalue weighted by atomic mass is 127. The van der Waals surface area contributed by atoms with Crippen LogP contribution in [0.4, 0.5) is 0 Å². The van der Waals surface area contributed by atoms with Crippen LogP contribution in [0.1, 0.15) is 45.8 Å². The van der Waals surface area contributed by atoms with E-state index in [1.807, 2.05) is 30.3 Å². The minimum absolute atomic E-state index is 0. The Morgan fingerprint density at radius 2 is 1.78 bits per heavy atom. The van der Waals surface area contributed by atoms with Crippen molar-refractivity contribution in [2.75, 3.05) is 31.6 Å². The third-order valence-electron chi connectivity index (χ3n) is 4.37. The molecule has 1 aromatic rings. The zero-order valence-electron chi connectivity index (χ0n) is 17.9. The van der Waals surface area contributed by atoms with Gasteiger partial charge >= 0.3 is 0 Å². The molecular weight excluding hydrogens is 473 g/mol. The number of aliphatic imine (C=N–C) groups is 1. The first-order valence-corrected chi connectivity index (χ1v) is 10.9. The summed E-state index contributed by atoms with van der Waals surface area (Å²) in [5, 5.41) is 15.2. The molecule has 1 heterocycles. The van der Waals surface area contributed by atoms with E-state index < -0.39 is 0 Å². The van der Waals surface area contributed by atoms with Gasteiger partial charge in [-0.25, -0.2) is 4.99 Å². The number of halogens is 1. The van der Waals surface area contributed by atoms with Crippen LogP contribution in [-0.4, -0.2) is 69.4 Å². The molecule has 0 aliphatic heterocycles. The van der Waals surface area contributed by atoms with Gasteiger partial charge in [0.25, 0.3) is 0 Å². The van der Waals surface area contributed by atoms with Crippen molar-refractivity contribution in [2.24, 2.45) is 12.0 Å². The normalized spacial score (nSPS) is 12.0. The van der Waals surface area contributed by atoms with E-state index in [0.717, 1.165) is 49.4 Å². The van der Waals surface area contributed by atoms with Gasteiger partial charge in [0.1, 0.15) is 12.4 Å². The van der Waals surface area contributed by atoms with Gasteiger partial charge in [-0.2, -0.15) is 11.8 Å². The first kappa shape index (κ1) is 26.4. The molecule has 0 spiro atoms. The van der Waals surface area contributed by atoms with Gasteiger partial charge in [-0.1, -0.05) is 0 Å². The molecular formula is C18H38IN7S. The molecule has 0 atom stereocenters. The second kappa shape index (κ2) is 14.4. The number of aromatic nitrogens is 3. The van der Waals surface area contributed by atoms with Crippen LogP contribution >= 0.6 is 35.7 Å². The van der Waals surface area contributed by atoms with E-state index in [1.165, 1.54) is 0 Å². The lowest BCUT2D eigenvalue weighted by molar-refractivity contribution is 0.178. The van der Waals surface area contributed by atoms with Crippen molar-refractivity contribution in [3.8, 4) is 0 Å². The van der Waals surface area contributed by atoms with E-state index in [4.69, 9.17) is 4.99 Å². The summed E-state index contributed by atoms with van der Waals surface area (Å²) in [6.07, 6.45) is 3.26. The third kappa shape index (κ3) is 9.98. The smallest absolute Gasteiger partial charge is 0.191 e. The van der Waals surface area contributed by atoms with Crippen LogP contribution in [0.2, 0.25) is 0 Å². The van der Waals surface area contributed by atoms with Gasteiger partial charge in [0.05, 0.1) is 0 Å². The predicted octanol–water partition coefficient (Wildman–Crippen LogP) is 2.65. The molecule has 0 aliphatic rings. The number of hydrogen-bond acceptors (Lipinski definition) is 5. The summed E-state index contributed by atoms with van der Waals surface area (Å²) in [5.74, 6) is 3.78. The molecule has 158 valence electrons. The summed E-state index contributed by atoms with van der Waals surface area (Å²) in [6, 6.07) is 1.07. The van der Waals surface area contributed by atoms with Gasteiger partial charge in [-0.3, -0.25) is 4.90 Å². The summed E-state index contributed by atoms with van der Waals surface area (Å²) in [4.78, 5) is 7.17. The lowest BCUT2D eigenvalue weighted by atomic mass is 10.2. The number of nitrogens with one attached hydrogen (secondary N) is 2. The predicted molar refractivity (Wildman–Crippen MR) is 128 cm³/mol. The topological polar surface area (TPSA) is 70.4 Å².